The van der Waals surface area contributed by atoms with Gasteiger partial charge in [-0.2, -0.15) is 0 Å². The van der Waals surface area contributed by atoms with Crippen LogP contribution in [0.25, 0.3) is 0 Å². The summed E-state index contributed by atoms with van der Waals surface area (Å²) in [6.45, 7) is 4.06. The largest absolute Gasteiger partial charge is 0.469 e. The maximum atomic E-state index is 12.5. The van der Waals surface area contributed by atoms with Gasteiger partial charge in [0, 0.05) is 6.54 Å². The predicted molar refractivity (Wildman–Crippen MR) is 104 cm³/mol. The first-order valence-electron chi connectivity index (χ1n) is 9.61. The summed E-state index contributed by atoms with van der Waals surface area (Å²) in [5, 5.41) is 14.2. The molecule has 1 atom stereocenters. The van der Waals surface area contributed by atoms with Gasteiger partial charge < -0.3 is 15.4 Å². The van der Waals surface area contributed by atoms with Crippen molar-refractivity contribution < 1.29 is 14.3 Å². The fourth-order valence-electron chi connectivity index (χ4n) is 3.47. The number of hydrogen-bond acceptors (Lipinski definition) is 6. The molecular formula is C20H27N5O3. The third-order valence-electron chi connectivity index (χ3n) is 5.03. The lowest BCUT2D eigenvalue weighted by atomic mass is 9.98. The van der Waals surface area contributed by atoms with Crippen LogP contribution >= 0.6 is 0 Å². The molecule has 1 fully saturated rings. The molecule has 2 N–H and O–H groups in total. The molecule has 1 aliphatic heterocycles. The van der Waals surface area contributed by atoms with E-state index in [4.69, 9.17) is 4.74 Å². The van der Waals surface area contributed by atoms with Crippen LogP contribution in [0.4, 0.5) is 0 Å². The van der Waals surface area contributed by atoms with Crippen LogP contribution in [-0.2, 0) is 16.0 Å². The van der Waals surface area contributed by atoms with Crippen LogP contribution in [0.2, 0.25) is 0 Å². The average Bonchev–Trinajstić information content (AvgIpc) is 3.21. The first-order valence-corrected chi connectivity index (χ1v) is 9.61. The van der Waals surface area contributed by atoms with Crippen molar-refractivity contribution in [3.8, 4) is 0 Å². The molecule has 2 aromatic rings. The second-order valence-corrected chi connectivity index (χ2v) is 7.19. The van der Waals surface area contributed by atoms with Crippen LogP contribution < -0.4 is 10.6 Å². The van der Waals surface area contributed by atoms with E-state index < -0.39 is 5.92 Å². The second-order valence-electron chi connectivity index (χ2n) is 7.19. The number of nitrogens with one attached hydrogen (secondary N) is 2. The van der Waals surface area contributed by atoms with E-state index in [9.17, 15) is 9.59 Å². The standard InChI is InChI=1S/C20H27N5O3/c1-14-4-3-5-15(10-14)11-16(20(27)28-2)12-22-19(26)18-13-25(24-23-18)17-6-8-21-9-7-17/h3-5,10,13,16-17,21H,6-9,11-12H2,1-2H3,(H,22,26). The van der Waals surface area contributed by atoms with Crippen LogP contribution in [0, 0.1) is 12.8 Å². The van der Waals surface area contributed by atoms with Crippen molar-refractivity contribution in [2.75, 3.05) is 26.7 Å². The monoisotopic (exact) mass is 385 g/mol. The topological polar surface area (TPSA) is 98.1 Å². The van der Waals surface area contributed by atoms with Gasteiger partial charge in [0.1, 0.15) is 0 Å². The number of nitrogens with zero attached hydrogens (tertiary/aromatic N) is 3. The lowest BCUT2D eigenvalue weighted by Crippen LogP contribution is -2.35. The zero-order chi connectivity index (χ0) is 19.9. The molecule has 8 nitrogen and oxygen atoms in total. The molecule has 0 aliphatic carbocycles. The number of rotatable bonds is 7. The maximum Gasteiger partial charge on any atom is 0.310 e. The number of aryl methyl sites for hydroxylation is 1. The molecule has 28 heavy (non-hydrogen) atoms. The van der Waals surface area contributed by atoms with E-state index in [0.717, 1.165) is 37.1 Å². The van der Waals surface area contributed by atoms with Crippen LogP contribution in [-0.4, -0.2) is 53.6 Å². The van der Waals surface area contributed by atoms with Gasteiger partial charge in [0.05, 0.1) is 25.3 Å². The quantitative estimate of drug-likeness (QED) is 0.697. The molecule has 8 heteroatoms. The predicted octanol–water partition coefficient (Wildman–Crippen LogP) is 1.27. The molecule has 0 bridgehead atoms. The Balaban J connectivity index is 1.60. The third kappa shape index (κ3) is 5.16. The lowest BCUT2D eigenvalue weighted by molar-refractivity contribution is -0.145. The molecule has 0 radical (unpaired) electrons. The van der Waals surface area contributed by atoms with Crippen molar-refractivity contribution in [2.24, 2.45) is 5.92 Å². The van der Waals surface area contributed by atoms with E-state index in [1.807, 2.05) is 31.2 Å². The highest BCUT2D eigenvalue weighted by Crippen LogP contribution is 2.17. The summed E-state index contributed by atoms with van der Waals surface area (Å²) < 4.78 is 6.67. The number of carbonyl (C=O) groups excluding carboxylic acids is 2. The Bertz CT molecular complexity index is 814. The van der Waals surface area contributed by atoms with Crippen LogP contribution in [0.5, 0.6) is 0 Å². The summed E-state index contributed by atoms with van der Waals surface area (Å²) in [5.41, 5.74) is 2.42. The number of amides is 1. The fraction of sp³-hybridized carbons (Fsp3) is 0.500. The Morgan fingerprint density at radius 3 is 2.86 bits per heavy atom. The van der Waals surface area contributed by atoms with Gasteiger partial charge >= 0.3 is 5.97 Å². The van der Waals surface area contributed by atoms with Crippen LogP contribution in [0.15, 0.2) is 30.5 Å². The summed E-state index contributed by atoms with van der Waals surface area (Å²) in [6, 6.07) is 8.22. The number of esters is 1. The maximum absolute atomic E-state index is 12.5. The minimum atomic E-state index is -0.463. The Labute approximate surface area is 164 Å². The van der Waals surface area contributed by atoms with Crippen molar-refractivity contribution in [1.29, 1.82) is 0 Å². The molecule has 1 amide bonds. The molecule has 2 heterocycles. The second kappa shape index (κ2) is 9.45. The van der Waals surface area contributed by atoms with Gasteiger partial charge in [0.2, 0.25) is 0 Å². The zero-order valence-corrected chi connectivity index (χ0v) is 16.4. The summed E-state index contributed by atoms with van der Waals surface area (Å²) in [5.74, 6) is -1.14. The first kappa shape index (κ1) is 20.0. The number of methoxy groups -OCH3 is 1. The van der Waals surface area contributed by atoms with Crippen LogP contribution in [0.1, 0.15) is 40.5 Å². The van der Waals surface area contributed by atoms with Gasteiger partial charge in [0.25, 0.3) is 5.91 Å². The number of piperidine rings is 1. The first-order chi connectivity index (χ1) is 13.6. The van der Waals surface area contributed by atoms with Crippen molar-refractivity contribution in [1.82, 2.24) is 25.6 Å². The molecular weight excluding hydrogens is 358 g/mol. The van der Waals surface area contributed by atoms with E-state index in [-0.39, 0.29) is 30.2 Å². The van der Waals surface area contributed by atoms with E-state index >= 15 is 0 Å². The molecule has 1 saturated heterocycles. The number of carbonyl (C=O) groups is 2. The lowest BCUT2D eigenvalue weighted by Gasteiger charge is -2.22. The molecule has 0 spiro atoms. The third-order valence-corrected chi connectivity index (χ3v) is 5.03. The average molecular weight is 385 g/mol. The Morgan fingerprint density at radius 1 is 1.36 bits per heavy atom. The molecule has 1 aliphatic rings. The van der Waals surface area contributed by atoms with Gasteiger partial charge in [-0.15, -0.1) is 5.10 Å². The summed E-state index contributed by atoms with van der Waals surface area (Å²) in [4.78, 5) is 24.6. The highest BCUT2D eigenvalue weighted by Gasteiger charge is 2.23. The highest BCUT2D eigenvalue weighted by atomic mass is 16.5. The fourth-order valence-corrected chi connectivity index (χ4v) is 3.47. The number of ether oxygens (including phenoxy) is 1. The highest BCUT2D eigenvalue weighted by molar-refractivity contribution is 5.92. The van der Waals surface area contributed by atoms with Crippen molar-refractivity contribution >= 4 is 11.9 Å². The number of benzene rings is 1. The molecule has 3 rings (SSSR count). The smallest absolute Gasteiger partial charge is 0.310 e. The molecule has 150 valence electrons. The van der Waals surface area contributed by atoms with Crippen molar-refractivity contribution in [3.63, 3.8) is 0 Å². The number of aromatic nitrogens is 3. The molecule has 1 aromatic carbocycles. The van der Waals surface area contributed by atoms with Gasteiger partial charge in [-0.1, -0.05) is 35.0 Å². The molecule has 0 saturated carbocycles. The van der Waals surface area contributed by atoms with Crippen molar-refractivity contribution in [3.05, 3.63) is 47.3 Å². The number of hydrogen-bond donors (Lipinski definition) is 2. The summed E-state index contributed by atoms with van der Waals surface area (Å²) in [7, 11) is 1.36. The Kier molecular flexibility index (Phi) is 6.76. The minimum absolute atomic E-state index is 0.180. The van der Waals surface area contributed by atoms with Gasteiger partial charge in [0.15, 0.2) is 5.69 Å². The normalized spacial score (nSPS) is 15.8. The van der Waals surface area contributed by atoms with Gasteiger partial charge in [-0.3, -0.25) is 9.59 Å². The Hall–Kier alpha value is -2.74. The van der Waals surface area contributed by atoms with E-state index in [0.29, 0.717) is 6.42 Å². The molecule has 1 aromatic heterocycles. The SMILES string of the molecule is COC(=O)C(CNC(=O)c1cn(C2CCNCC2)nn1)Cc1cccc(C)c1. The van der Waals surface area contributed by atoms with Crippen molar-refractivity contribution in [2.45, 2.75) is 32.2 Å². The Morgan fingerprint density at radius 2 is 2.14 bits per heavy atom. The van der Waals surface area contributed by atoms with Gasteiger partial charge in [-0.05, 0) is 44.8 Å². The van der Waals surface area contributed by atoms with Gasteiger partial charge in [-0.25, -0.2) is 4.68 Å². The van der Waals surface area contributed by atoms with E-state index in [2.05, 4.69) is 20.9 Å². The molecule has 1 unspecified atom stereocenters. The van der Waals surface area contributed by atoms with E-state index in [1.165, 1.54) is 7.11 Å². The summed E-state index contributed by atoms with van der Waals surface area (Å²) >= 11 is 0. The van der Waals surface area contributed by atoms with Crippen LogP contribution in [0.3, 0.4) is 0 Å². The van der Waals surface area contributed by atoms with E-state index in [1.54, 1.807) is 10.9 Å². The minimum Gasteiger partial charge on any atom is -0.469 e. The summed E-state index contributed by atoms with van der Waals surface area (Å²) in [6.07, 6.45) is 4.10. The zero-order valence-electron chi connectivity index (χ0n) is 16.4.